The van der Waals surface area contributed by atoms with Gasteiger partial charge in [-0.1, -0.05) is 17.7 Å². The van der Waals surface area contributed by atoms with E-state index in [1.54, 1.807) is 10.7 Å². The zero-order valence-corrected chi connectivity index (χ0v) is 11.7. The van der Waals surface area contributed by atoms with Crippen molar-refractivity contribution in [3.8, 4) is 5.69 Å². The molecule has 0 radical (unpaired) electrons. The quantitative estimate of drug-likeness (QED) is 0.911. The Bertz CT molecular complexity index is 622. The molecule has 0 saturated carbocycles. The second-order valence-corrected chi connectivity index (χ2v) is 4.64. The van der Waals surface area contributed by atoms with Crippen molar-refractivity contribution in [3.63, 3.8) is 0 Å². The molecule has 1 aromatic heterocycles. The van der Waals surface area contributed by atoms with Gasteiger partial charge in [-0.15, -0.1) is 5.10 Å². The van der Waals surface area contributed by atoms with Crippen LogP contribution in [0.25, 0.3) is 5.69 Å². The van der Waals surface area contributed by atoms with Gasteiger partial charge in [-0.3, -0.25) is 5.32 Å². The summed E-state index contributed by atoms with van der Waals surface area (Å²) in [5.74, 6) is 0.305. The molecular weight excluding hydrogens is 278 g/mol. The monoisotopic (exact) mass is 294 g/mol. The summed E-state index contributed by atoms with van der Waals surface area (Å²) in [6, 6.07) is 8.70. The summed E-state index contributed by atoms with van der Waals surface area (Å²) < 4.78 is 25.7. The Balaban J connectivity index is 2.08. The van der Waals surface area contributed by atoms with E-state index in [9.17, 15) is 13.6 Å². The number of anilines is 1. The van der Waals surface area contributed by atoms with E-state index in [1.807, 2.05) is 38.1 Å². The van der Waals surface area contributed by atoms with Gasteiger partial charge in [0.15, 0.2) is 5.82 Å². The molecule has 21 heavy (non-hydrogen) atoms. The Labute approximate surface area is 121 Å². The maximum Gasteiger partial charge on any atom is 0.320 e. The summed E-state index contributed by atoms with van der Waals surface area (Å²) in [6.07, 6.45) is -2.58. The third-order valence-corrected chi connectivity index (χ3v) is 2.82. The SMILES string of the molecule is Cc1ccc(-n2nc(NC(=O)NCC(F)F)cc2C)cc1. The van der Waals surface area contributed by atoms with E-state index in [2.05, 4.69) is 15.7 Å². The maximum atomic E-state index is 12.0. The highest BCUT2D eigenvalue weighted by Crippen LogP contribution is 2.15. The molecule has 0 aliphatic carbocycles. The second-order valence-electron chi connectivity index (χ2n) is 4.64. The van der Waals surface area contributed by atoms with E-state index in [0.29, 0.717) is 5.82 Å². The van der Waals surface area contributed by atoms with Crippen LogP contribution in [-0.4, -0.2) is 28.8 Å². The van der Waals surface area contributed by atoms with Crippen LogP contribution < -0.4 is 10.6 Å². The third kappa shape index (κ3) is 4.01. The van der Waals surface area contributed by atoms with Crippen molar-refractivity contribution in [2.75, 3.05) is 11.9 Å². The molecule has 1 aromatic carbocycles. The highest BCUT2D eigenvalue weighted by Gasteiger charge is 2.10. The molecule has 0 atom stereocenters. The van der Waals surface area contributed by atoms with E-state index >= 15 is 0 Å². The van der Waals surface area contributed by atoms with Gasteiger partial charge < -0.3 is 5.32 Å². The number of halogens is 2. The molecule has 2 amide bonds. The van der Waals surface area contributed by atoms with Gasteiger partial charge in [0.05, 0.1) is 12.2 Å². The number of urea groups is 1. The number of aromatic nitrogens is 2. The summed E-state index contributed by atoms with van der Waals surface area (Å²) in [6.45, 7) is 3.14. The van der Waals surface area contributed by atoms with Crippen LogP contribution in [0.5, 0.6) is 0 Å². The summed E-state index contributed by atoms with van der Waals surface area (Å²) in [4.78, 5) is 11.4. The van der Waals surface area contributed by atoms with E-state index in [0.717, 1.165) is 16.9 Å². The van der Waals surface area contributed by atoms with E-state index in [1.165, 1.54) is 0 Å². The normalized spacial score (nSPS) is 10.7. The van der Waals surface area contributed by atoms with E-state index < -0.39 is 19.0 Å². The molecule has 0 aliphatic heterocycles. The fourth-order valence-electron chi connectivity index (χ4n) is 1.81. The van der Waals surface area contributed by atoms with Crippen LogP contribution >= 0.6 is 0 Å². The number of hydrogen-bond acceptors (Lipinski definition) is 2. The van der Waals surface area contributed by atoms with Crippen LogP contribution in [0.1, 0.15) is 11.3 Å². The van der Waals surface area contributed by atoms with Crippen molar-refractivity contribution in [1.29, 1.82) is 0 Å². The predicted octanol–water partition coefficient (Wildman–Crippen LogP) is 2.88. The zero-order valence-electron chi connectivity index (χ0n) is 11.7. The number of alkyl halides is 2. The first-order valence-corrected chi connectivity index (χ1v) is 6.42. The van der Waals surface area contributed by atoms with Gasteiger partial charge in [-0.05, 0) is 26.0 Å². The average Bonchev–Trinajstić information content (AvgIpc) is 2.78. The van der Waals surface area contributed by atoms with Crippen molar-refractivity contribution in [3.05, 3.63) is 41.6 Å². The number of amides is 2. The van der Waals surface area contributed by atoms with Crippen LogP contribution in [0.2, 0.25) is 0 Å². The van der Waals surface area contributed by atoms with Crippen molar-refractivity contribution in [2.24, 2.45) is 0 Å². The fraction of sp³-hybridized carbons (Fsp3) is 0.286. The lowest BCUT2D eigenvalue weighted by Gasteiger charge is -2.05. The lowest BCUT2D eigenvalue weighted by atomic mass is 10.2. The first-order valence-electron chi connectivity index (χ1n) is 6.42. The Morgan fingerprint density at radius 2 is 1.95 bits per heavy atom. The number of nitrogens with zero attached hydrogens (tertiary/aromatic N) is 2. The molecule has 0 unspecified atom stereocenters. The van der Waals surface area contributed by atoms with Crippen molar-refractivity contribution >= 4 is 11.8 Å². The Morgan fingerprint density at radius 3 is 2.57 bits per heavy atom. The van der Waals surface area contributed by atoms with Gasteiger partial charge in [0.2, 0.25) is 0 Å². The molecule has 1 heterocycles. The van der Waals surface area contributed by atoms with Gasteiger partial charge in [0.1, 0.15) is 0 Å². The number of aryl methyl sites for hydroxylation is 2. The summed E-state index contributed by atoms with van der Waals surface area (Å²) in [5, 5.41) is 8.72. The number of rotatable bonds is 4. The summed E-state index contributed by atoms with van der Waals surface area (Å²) in [5.41, 5.74) is 2.82. The highest BCUT2D eigenvalue weighted by molar-refractivity contribution is 5.88. The summed E-state index contributed by atoms with van der Waals surface area (Å²) in [7, 11) is 0. The number of hydrogen-bond donors (Lipinski definition) is 2. The predicted molar refractivity (Wildman–Crippen MR) is 76.1 cm³/mol. The van der Waals surface area contributed by atoms with Gasteiger partial charge >= 0.3 is 6.03 Å². The second kappa shape index (κ2) is 6.34. The van der Waals surface area contributed by atoms with Gasteiger partial charge in [-0.25, -0.2) is 18.3 Å². The maximum absolute atomic E-state index is 12.0. The number of nitrogens with one attached hydrogen (secondary N) is 2. The number of carbonyl (C=O) groups is 1. The molecule has 0 saturated heterocycles. The first kappa shape index (κ1) is 15.0. The molecule has 2 rings (SSSR count). The molecular formula is C14H16F2N4O. The van der Waals surface area contributed by atoms with Crippen LogP contribution in [0.15, 0.2) is 30.3 Å². The number of carbonyl (C=O) groups excluding carboxylic acids is 1. The van der Waals surface area contributed by atoms with Gasteiger partial charge in [0.25, 0.3) is 6.43 Å². The number of benzene rings is 1. The van der Waals surface area contributed by atoms with Crippen molar-refractivity contribution in [1.82, 2.24) is 15.1 Å². The standard InChI is InChI=1S/C14H16F2N4O/c1-9-3-5-11(6-4-9)20-10(2)7-13(19-20)18-14(21)17-8-12(15)16/h3-7,12H,8H2,1-2H3,(H2,17,18,19,21). The van der Waals surface area contributed by atoms with Crippen LogP contribution in [0.4, 0.5) is 19.4 Å². The zero-order chi connectivity index (χ0) is 15.4. The molecule has 112 valence electrons. The molecule has 0 fully saturated rings. The van der Waals surface area contributed by atoms with Crippen molar-refractivity contribution in [2.45, 2.75) is 20.3 Å². The van der Waals surface area contributed by atoms with Crippen LogP contribution in [0, 0.1) is 13.8 Å². The highest BCUT2D eigenvalue weighted by atomic mass is 19.3. The van der Waals surface area contributed by atoms with Crippen molar-refractivity contribution < 1.29 is 13.6 Å². The molecule has 5 nitrogen and oxygen atoms in total. The van der Waals surface area contributed by atoms with Gasteiger partial charge in [0, 0.05) is 11.8 Å². The minimum atomic E-state index is -2.58. The lowest BCUT2D eigenvalue weighted by Crippen LogP contribution is -2.32. The first-order chi connectivity index (χ1) is 9.95. The van der Waals surface area contributed by atoms with E-state index in [-0.39, 0.29) is 0 Å². The minimum Gasteiger partial charge on any atom is -0.332 e. The van der Waals surface area contributed by atoms with E-state index in [4.69, 9.17) is 0 Å². The summed E-state index contributed by atoms with van der Waals surface area (Å²) >= 11 is 0. The average molecular weight is 294 g/mol. The molecule has 0 bridgehead atoms. The lowest BCUT2D eigenvalue weighted by molar-refractivity contribution is 0.148. The van der Waals surface area contributed by atoms with Crippen LogP contribution in [0.3, 0.4) is 0 Å². The minimum absolute atomic E-state index is 0.305. The Kier molecular flexibility index (Phi) is 4.52. The van der Waals surface area contributed by atoms with Gasteiger partial charge in [-0.2, -0.15) is 0 Å². The Morgan fingerprint density at radius 1 is 1.29 bits per heavy atom. The Hall–Kier alpha value is -2.44. The third-order valence-electron chi connectivity index (χ3n) is 2.82. The topological polar surface area (TPSA) is 59.0 Å². The largest absolute Gasteiger partial charge is 0.332 e. The smallest absolute Gasteiger partial charge is 0.320 e. The van der Waals surface area contributed by atoms with Crippen LogP contribution in [-0.2, 0) is 0 Å². The molecule has 2 aromatic rings. The molecule has 2 N–H and O–H groups in total. The fourth-order valence-corrected chi connectivity index (χ4v) is 1.81. The molecule has 0 spiro atoms. The molecule has 7 heteroatoms. The molecule has 0 aliphatic rings.